The number of amides is 1. The number of halogens is 1. The van der Waals surface area contributed by atoms with Crippen LogP contribution in [0, 0.1) is 5.82 Å². The molecular weight excluding hydrogens is 465 g/mol. The molecule has 1 amide bonds. The number of carbonyl (C=O) groups excluding carboxylic acids is 1. The number of hydrogen-bond acceptors (Lipinski definition) is 6. The van der Waals surface area contributed by atoms with Crippen molar-refractivity contribution in [3.05, 3.63) is 89.6 Å². The highest BCUT2D eigenvalue weighted by Crippen LogP contribution is 2.28. The molecule has 0 spiro atoms. The Balaban J connectivity index is 1.53. The van der Waals surface area contributed by atoms with Gasteiger partial charge in [-0.15, -0.1) is 11.3 Å². The molecule has 0 saturated heterocycles. The number of sulfonamides is 1. The van der Waals surface area contributed by atoms with Gasteiger partial charge in [0.25, 0.3) is 15.9 Å². The lowest BCUT2D eigenvalue weighted by Crippen LogP contribution is -2.18. The van der Waals surface area contributed by atoms with Crippen molar-refractivity contribution in [1.82, 2.24) is 4.98 Å². The van der Waals surface area contributed by atoms with Crippen molar-refractivity contribution in [3.8, 4) is 17.0 Å². The van der Waals surface area contributed by atoms with Crippen molar-refractivity contribution in [2.45, 2.75) is 4.90 Å². The molecule has 7 nitrogen and oxygen atoms in total. The van der Waals surface area contributed by atoms with E-state index in [9.17, 15) is 17.6 Å². The Morgan fingerprint density at radius 1 is 1.00 bits per heavy atom. The normalized spacial score (nSPS) is 11.1. The van der Waals surface area contributed by atoms with Crippen LogP contribution in [0.2, 0.25) is 0 Å². The molecule has 168 valence electrons. The summed E-state index contributed by atoms with van der Waals surface area (Å²) < 4.78 is 46.0. The van der Waals surface area contributed by atoms with Gasteiger partial charge < -0.3 is 4.74 Å². The monoisotopic (exact) mass is 483 g/mol. The fraction of sp³-hybridized carbons (Fsp3) is 0.0435. The summed E-state index contributed by atoms with van der Waals surface area (Å²) in [6, 6.07) is 17.9. The van der Waals surface area contributed by atoms with Crippen LogP contribution in [-0.2, 0) is 10.0 Å². The molecule has 0 atom stereocenters. The fourth-order valence-electron chi connectivity index (χ4n) is 2.98. The van der Waals surface area contributed by atoms with Crippen molar-refractivity contribution in [2.24, 2.45) is 0 Å². The van der Waals surface area contributed by atoms with Crippen LogP contribution in [0.4, 0.5) is 15.2 Å². The first kappa shape index (κ1) is 22.4. The highest BCUT2D eigenvalue weighted by molar-refractivity contribution is 7.92. The van der Waals surface area contributed by atoms with E-state index in [0.717, 1.165) is 35.6 Å². The van der Waals surface area contributed by atoms with Crippen molar-refractivity contribution >= 4 is 38.1 Å². The Hall–Kier alpha value is -3.76. The second-order valence-electron chi connectivity index (χ2n) is 6.83. The molecule has 1 aromatic heterocycles. The zero-order valence-corrected chi connectivity index (χ0v) is 18.9. The Labute approximate surface area is 193 Å². The van der Waals surface area contributed by atoms with E-state index < -0.39 is 21.7 Å². The summed E-state index contributed by atoms with van der Waals surface area (Å²) in [7, 11) is -2.43. The number of benzene rings is 3. The molecule has 33 heavy (non-hydrogen) atoms. The van der Waals surface area contributed by atoms with Gasteiger partial charge in [0.05, 0.1) is 29.0 Å². The Kier molecular flexibility index (Phi) is 6.38. The summed E-state index contributed by atoms with van der Waals surface area (Å²) in [5.41, 5.74) is 1.75. The number of rotatable bonds is 7. The number of methoxy groups -OCH3 is 1. The lowest BCUT2D eigenvalue weighted by Gasteiger charge is -2.12. The molecule has 2 N–H and O–H groups in total. The van der Waals surface area contributed by atoms with Crippen molar-refractivity contribution in [2.75, 3.05) is 17.1 Å². The standard InChI is InChI=1S/C23H18FN3O4S2/c1-31-17-10-6-15(7-11-17)21-14-32-23(25-21)26-22(28)19-4-2-3-5-20(19)27-33(29,30)18-12-8-16(24)9-13-18/h2-14,27H,1H3,(H,25,26,28). The van der Waals surface area contributed by atoms with E-state index in [0.29, 0.717) is 10.8 Å². The fourth-order valence-corrected chi connectivity index (χ4v) is 4.77. The Morgan fingerprint density at radius 2 is 1.70 bits per heavy atom. The van der Waals surface area contributed by atoms with E-state index in [1.54, 1.807) is 24.6 Å². The summed E-state index contributed by atoms with van der Waals surface area (Å²) >= 11 is 1.25. The van der Waals surface area contributed by atoms with Gasteiger partial charge in [0.15, 0.2) is 5.13 Å². The van der Waals surface area contributed by atoms with Crippen LogP contribution in [0.5, 0.6) is 5.75 Å². The molecule has 0 aliphatic rings. The molecule has 0 saturated carbocycles. The molecule has 0 aliphatic carbocycles. The van der Waals surface area contributed by atoms with Gasteiger partial charge in [0.2, 0.25) is 0 Å². The zero-order valence-electron chi connectivity index (χ0n) is 17.3. The third-order valence-corrected chi connectivity index (χ3v) is 6.79. The van der Waals surface area contributed by atoms with Crippen LogP contribution in [0.1, 0.15) is 10.4 Å². The maximum absolute atomic E-state index is 13.1. The topological polar surface area (TPSA) is 97.4 Å². The van der Waals surface area contributed by atoms with Crippen LogP contribution < -0.4 is 14.8 Å². The van der Waals surface area contributed by atoms with Gasteiger partial charge in [-0.1, -0.05) is 12.1 Å². The van der Waals surface area contributed by atoms with Crippen molar-refractivity contribution in [1.29, 1.82) is 0 Å². The molecule has 4 rings (SSSR count). The minimum atomic E-state index is -4.02. The number of hydrogen-bond donors (Lipinski definition) is 2. The number of para-hydroxylation sites is 1. The smallest absolute Gasteiger partial charge is 0.261 e. The van der Waals surface area contributed by atoms with Gasteiger partial charge >= 0.3 is 0 Å². The van der Waals surface area contributed by atoms with E-state index in [4.69, 9.17) is 4.74 Å². The summed E-state index contributed by atoms with van der Waals surface area (Å²) in [5, 5.41) is 4.87. The van der Waals surface area contributed by atoms with Crippen molar-refractivity contribution < 1.29 is 22.3 Å². The molecule has 1 heterocycles. The number of aromatic nitrogens is 1. The number of ether oxygens (including phenoxy) is 1. The van der Waals surface area contributed by atoms with E-state index >= 15 is 0 Å². The molecule has 4 aromatic rings. The van der Waals surface area contributed by atoms with Gasteiger partial charge in [-0.05, 0) is 60.7 Å². The summed E-state index contributed by atoms with van der Waals surface area (Å²) in [6.07, 6.45) is 0. The third-order valence-electron chi connectivity index (χ3n) is 4.65. The highest BCUT2D eigenvalue weighted by atomic mass is 32.2. The third kappa shape index (κ3) is 5.18. The highest BCUT2D eigenvalue weighted by Gasteiger charge is 2.19. The van der Waals surface area contributed by atoms with E-state index in [-0.39, 0.29) is 16.1 Å². The van der Waals surface area contributed by atoms with Gasteiger partial charge in [-0.2, -0.15) is 0 Å². The Bertz CT molecular complexity index is 1390. The first-order chi connectivity index (χ1) is 15.9. The van der Waals surface area contributed by atoms with Gasteiger partial charge in [0, 0.05) is 10.9 Å². The number of carbonyl (C=O) groups is 1. The molecule has 10 heteroatoms. The zero-order chi connectivity index (χ0) is 23.4. The number of thiazole rings is 1. The number of anilines is 2. The van der Waals surface area contributed by atoms with Crippen LogP contribution in [0.25, 0.3) is 11.3 Å². The van der Waals surface area contributed by atoms with Crippen molar-refractivity contribution in [3.63, 3.8) is 0 Å². The number of nitrogens with one attached hydrogen (secondary N) is 2. The molecule has 0 fully saturated rings. The van der Waals surface area contributed by atoms with Gasteiger partial charge in [-0.3, -0.25) is 14.8 Å². The lowest BCUT2D eigenvalue weighted by molar-refractivity contribution is 0.102. The van der Waals surface area contributed by atoms with Crippen LogP contribution in [0.3, 0.4) is 0 Å². The SMILES string of the molecule is COc1ccc(-c2csc(NC(=O)c3ccccc3NS(=O)(=O)c3ccc(F)cc3)n2)cc1. The van der Waals surface area contributed by atoms with Crippen LogP contribution in [-0.4, -0.2) is 26.4 Å². The maximum atomic E-state index is 13.1. The quantitative estimate of drug-likeness (QED) is 0.385. The second-order valence-corrected chi connectivity index (χ2v) is 9.37. The second kappa shape index (κ2) is 9.39. The Morgan fingerprint density at radius 3 is 2.39 bits per heavy atom. The molecule has 0 radical (unpaired) electrons. The summed E-state index contributed by atoms with van der Waals surface area (Å²) in [4.78, 5) is 17.2. The first-order valence-electron chi connectivity index (χ1n) is 9.64. The average Bonchev–Trinajstić information content (AvgIpc) is 3.28. The predicted octanol–water partition coefficient (Wildman–Crippen LogP) is 5.01. The molecule has 0 bridgehead atoms. The summed E-state index contributed by atoms with van der Waals surface area (Å²) in [5.74, 6) is -0.351. The minimum absolute atomic E-state index is 0.0891. The summed E-state index contributed by atoms with van der Waals surface area (Å²) in [6.45, 7) is 0. The molecular formula is C23H18FN3O4S2. The van der Waals surface area contributed by atoms with E-state index in [1.165, 1.54) is 23.5 Å². The maximum Gasteiger partial charge on any atom is 0.261 e. The van der Waals surface area contributed by atoms with Gasteiger partial charge in [-0.25, -0.2) is 17.8 Å². The van der Waals surface area contributed by atoms with Crippen LogP contribution >= 0.6 is 11.3 Å². The van der Waals surface area contributed by atoms with E-state index in [1.807, 2.05) is 24.3 Å². The largest absolute Gasteiger partial charge is 0.497 e. The molecule has 0 unspecified atom stereocenters. The van der Waals surface area contributed by atoms with Gasteiger partial charge in [0.1, 0.15) is 11.6 Å². The lowest BCUT2D eigenvalue weighted by atomic mass is 10.1. The average molecular weight is 484 g/mol. The number of nitrogens with zero attached hydrogens (tertiary/aromatic N) is 1. The minimum Gasteiger partial charge on any atom is -0.497 e. The predicted molar refractivity (Wildman–Crippen MR) is 126 cm³/mol. The van der Waals surface area contributed by atoms with E-state index in [2.05, 4.69) is 15.0 Å². The molecule has 3 aromatic carbocycles. The molecule has 0 aliphatic heterocycles. The van der Waals surface area contributed by atoms with Crippen LogP contribution in [0.15, 0.2) is 83.1 Å². The first-order valence-corrected chi connectivity index (χ1v) is 12.0.